The largest absolute Gasteiger partial charge is 0.459 e. The summed E-state index contributed by atoms with van der Waals surface area (Å²) in [5.74, 6) is 1.61. The van der Waals surface area contributed by atoms with Crippen molar-refractivity contribution < 1.29 is 4.42 Å². The molecular formula is C18H27NO. The quantitative estimate of drug-likeness (QED) is 0.755. The summed E-state index contributed by atoms with van der Waals surface area (Å²) < 4.78 is 6.25. The number of nitrogens with one attached hydrogen (secondary N) is 1. The molecule has 0 fully saturated rings. The van der Waals surface area contributed by atoms with Gasteiger partial charge in [0, 0.05) is 10.9 Å². The third-order valence-electron chi connectivity index (χ3n) is 3.95. The van der Waals surface area contributed by atoms with Gasteiger partial charge in [-0.1, -0.05) is 39.8 Å². The van der Waals surface area contributed by atoms with Crippen molar-refractivity contribution in [2.24, 2.45) is 0 Å². The smallest absolute Gasteiger partial charge is 0.138 e. The van der Waals surface area contributed by atoms with Crippen LogP contribution >= 0.6 is 0 Å². The van der Waals surface area contributed by atoms with E-state index in [4.69, 9.17) is 4.42 Å². The zero-order chi connectivity index (χ0) is 14.7. The molecule has 0 atom stereocenters. The number of hydrogen-bond acceptors (Lipinski definition) is 2. The first kappa shape index (κ1) is 15.1. The standard InChI is InChI=1S/C18H27NO/c1-6-10-19-11-16-14(7-2)17-13(5)8-9-15(12(3)4)18(17)20-16/h8-9,12,19H,6-7,10-11H2,1-5H3. The predicted molar refractivity (Wildman–Crippen MR) is 86.4 cm³/mol. The molecule has 0 aliphatic rings. The average molecular weight is 273 g/mol. The molecule has 0 saturated carbocycles. The Morgan fingerprint density at radius 3 is 2.55 bits per heavy atom. The van der Waals surface area contributed by atoms with E-state index in [0.29, 0.717) is 5.92 Å². The molecule has 0 unspecified atom stereocenters. The molecule has 2 heteroatoms. The summed E-state index contributed by atoms with van der Waals surface area (Å²) in [6.07, 6.45) is 2.18. The molecule has 110 valence electrons. The van der Waals surface area contributed by atoms with Crippen molar-refractivity contribution in [3.63, 3.8) is 0 Å². The van der Waals surface area contributed by atoms with Gasteiger partial charge >= 0.3 is 0 Å². The lowest BCUT2D eigenvalue weighted by Crippen LogP contribution is -2.14. The SMILES string of the molecule is CCCNCc1oc2c(C(C)C)ccc(C)c2c1CC. The van der Waals surface area contributed by atoms with Gasteiger partial charge in [-0.2, -0.15) is 0 Å². The molecule has 2 aromatic rings. The van der Waals surface area contributed by atoms with Gasteiger partial charge in [0.25, 0.3) is 0 Å². The minimum Gasteiger partial charge on any atom is -0.459 e. The number of rotatable bonds is 6. The minimum atomic E-state index is 0.491. The molecule has 0 amide bonds. The summed E-state index contributed by atoms with van der Waals surface area (Å²) in [4.78, 5) is 0. The normalized spacial score (nSPS) is 11.7. The van der Waals surface area contributed by atoms with Crippen molar-refractivity contribution in [1.82, 2.24) is 5.32 Å². The Hall–Kier alpha value is -1.28. The number of benzene rings is 1. The van der Waals surface area contributed by atoms with Gasteiger partial charge in [0.05, 0.1) is 6.54 Å². The lowest BCUT2D eigenvalue weighted by atomic mass is 9.96. The zero-order valence-corrected chi connectivity index (χ0v) is 13.5. The number of fused-ring (bicyclic) bond motifs is 1. The van der Waals surface area contributed by atoms with E-state index in [2.05, 4.69) is 52.1 Å². The van der Waals surface area contributed by atoms with Crippen LogP contribution in [0, 0.1) is 6.92 Å². The van der Waals surface area contributed by atoms with Gasteiger partial charge in [0.2, 0.25) is 0 Å². The molecule has 0 bridgehead atoms. The second kappa shape index (κ2) is 6.45. The second-order valence-electron chi connectivity index (χ2n) is 5.86. The Balaban J connectivity index is 2.54. The molecule has 0 aliphatic carbocycles. The molecular weight excluding hydrogens is 246 g/mol. The Labute approximate surface area is 122 Å². The van der Waals surface area contributed by atoms with E-state index in [-0.39, 0.29) is 0 Å². The van der Waals surface area contributed by atoms with Crippen LogP contribution in [0.1, 0.15) is 62.5 Å². The second-order valence-corrected chi connectivity index (χ2v) is 5.86. The lowest BCUT2D eigenvalue weighted by molar-refractivity contribution is 0.505. The fourth-order valence-corrected chi connectivity index (χ4v) is 2.86. The summed E-state index contributed by atoms with van der Waals surface area (Å²) in [6.45, 7) is 12.9. The van der Waals surface area contributed by atoms with E-state index in [1.54, 1.807) is 0 Å². The zero-order valence-electron chi connectivity index (χ0n) is 13.5. The van der Waals surface area contributed by atoms with Crippen molar-refractivity contribution >= 4 is 11.0 Å². The van der Waals surface area contributed by atoms with E-state index in [1.807, 2.05) is 0 Å². The molecule has 1 aromatic heterocycles. The van der Waals surface area contributed by atoms with Crippen molar-refractivity contribution in [3.05, 3.63) is 34.6 Å². The molecule has 1 heterocycles. The van der Waals surface area contributed by atoms with Crippen LogP contribution in [0.15, 0.2) is 16.5 Å². The maximum atomic E-state index is 6.25. The molecule has 0 aliphatic heterocycles. The first-order valence-corrected chi connectivity index (χ1v) is 7.84. The highest BCUT2D eigenvalue weighted by Gasteiger charge is 2.18. The number of furan rings is 1. The number of aryl methyl sites for hydroxylation is 2. The van der Waals surface area contributed by atoms with Crippen molar-refractivity contribution in [1.29, 1.82) is 0 Å². The van der Waals surface area contributed by atoms with Gasteiger partial charge in [-0.15, -0.1) is 0 Å². The highest BCUT2D eigenvalue weighted by molar-refractivity contribution is 5.88. The molecule has 1 N–H and O–H groups in total. The van der Waals surface area contributed by atoms with E-state index in [1.165, 1.54) is 22.1 Å². The summed E-state index contributed by atoms with van der Waals surface area (Å²) >= 11 is 0. The molecule has 2 nitrogen and oxygen atoms in total. The maximum Gasteiger partial charge on any atom is 0.138 e. The number of hydrogen-bond donors (Lipinski definition) is 1. The fourth-order valence-electron chi connectivity index (χ4n) is 2.86. The van der Waals surface area contributed by atoms with Gasteiger partial charge in [0.15, 0.2) is 0 Å². The molecule has 0 spiro atoms. The summed E-state index contributed by atoms with van der Waals surface area (Å²) in [7, 11) is 0. The van der Waals surface area contributed by atoms with E-state index in [9.17, 15) is 0 Å². The Morgan fingerprint density at radius 2 is 1.95 bits per heavy atom. The first-order valence-electron chi connectivity index (χ1n) is 7.84. The van der Waals surface area contributed by atoms with Gasteiger partial charge in [0.1, 0.15) is 11.3 Å². The first-order chi connectivity index (χ1) is 9.60. The molecule has 20 heavy (non-hydrogen) atoms. The van der Waals surface area contributed by atoms with Crippen LogP contribution in [0.3, 0.4) is 0 Å². The monoisotopic (exact) mass is 273 g/mol. The minimum absolute atomic E-state index is 0.491. The van der Waals surface area contributed by atoms with Crippen LogP contribution in [-0.2, 0) is 13.0 Å². The van der Waals surface area contributed by atoms with E-state index >= 15 is 0 Å². The van der Waals surface area contributed by atoms with E-state index in [0.717, 1.165) is 37.3 Å². The van der Waals surface area contributed by atoms with Gasteiger partial charge < -0.3 is 9.73 Å². The van der Waals surface area contributed by atoms with Crippen molar-refractivity contribution in [2.75, 3.05) is 6.54 Å². The van der Waals surface area contributed by atoms with Crippen LogP contribution in [0.4, 0.5) is 0 Å². The fraction of sp³-hybridized carbons (Fsp3) is 0.556. The maximum absolute atomic E-state index is 6.25. The Bertz CT molecular complexity index is 581. The molecule has 1 aromatic carbocycles. The predicted octanol–water partition coefficient (Wildman–Crippen LogP) is 4.93. The highest BCUT2D eigenvalue weighted by atomic mass is 16.3. The van der Waals surface area contributed by atoms with Crippen molar-refractivity contribution in [3.8, 4) is 0 Å². The Morgan fingerprint density at radius 1 is 1.20 bits per heavy atom. The van der Waals surface area contributed by atoms with Crippen LogP contribution in [0.5, 0.6) is 0 Å². The molecule has 0 saturated heterocycles. The van der Waals surface area contributed by atoms with Crippen LogP contribution in [0.25, 0.3) is 11.0 Å². The lowest BCUT2D eigenvalue weighted by Gasteiger charge is -2.07. The van der Waals surface area contributed by atoms with Gasteiger partial charge in [-0.3, -0.25) is 0 Å². The van der Waals surface area contributed by atoms with Crippen molar-refractivity contribution in [2.45, 2.75) is 59.9 Å². The third-order valence-corrected chi connectivity index (χ3v) is 3.95. The third kappa shape index (κ3) is 2.76. The van der Waals surface area contributed by atoms with Crippen LogP contribution in [0.2, 0.25) is 0 Å². The average Bonchev–Trinajstić information content (AvgIpc) is 2.78. The Kier molecular flexibility index (Phi) is 4.87. The van der Waals surface area contributed by atoms with Gasteiger partial charge in [-0.05, 0) is 43.4 Å². The topological polar surface area (TPSA) is 25.2 Å². The molecule has 0 radical (unpaired) electrons. The highest BCUT2D eigenvalue weighted by Crippen LogP contribution is 2.34. The van der Waals surface area contributed by atoms with Crippen LogP contribution < -0.4 is 5.32 Å². The summed E-state index contributed by atoms with van der Waals surface area (Å²) in [5, 5.41) is 4.80. The summed E-state index contributed by atoms with van der Waals surface area (Å²) in [5.41, 5.74) is 5.13. The van der Waals surface area contributed by atoms with Crippen LogP contribution in [-0.4, -0.2) is 6.54 Å². The molecule has 2 rings (SSSR count). The van der Waals surface area contributed by atoms with E-state index < -0.39 is 0 Å². The summed E-state index contributed by atoms with van der Waals surface area (Å²) in [6, 6.07) is 4.45. The van der Waals surface area contributed by atoms with Gasteiger partial charge in [-0.25, -0.2) is 0 Å².